The van der Waals surface area contributed by atoms with Crippen molar-refractivity contribution in [3.05, 3.63) is 0 Å². The first-order valence-corrected chi connectivity index (χ1v) is 6.65. The SMILES string of the molecule is CCCCCCNC(=O)C(CC)(CC)CN. The van der Waals surface area contributed by atoms with Crippen molar-refractivity contribution < 1.29 is 4.79 Å². The molecule has 0 aromatic heterocycles. The average Bonchev–Trinajstić information content (AvgIpc) is 2.32. The largest absolute Gasteiger partial charge is 0.356 e. The summed E-state index contributed by atoms with van der Waals surface area (Å²) in [5.41, 5.74) is 5.38. The molecule has 0 atom stereocenters. The first-order valence-electron chi connectivity index (χ1n) is 6.65. The maximum Gasteiger partial charge on any atom is 0.227 e. The van der Waals surface area contributed by atoms with Crippen LogP contribution in [0.2, 0.25) is 0 Å². The summed E-state index contributed by atoms with van der Waals surface area (Å²) in [4.78, 5) is 12.0. The van der Waals surface area contributed by atoms with E-state index in [0.29, 0.717) is 6.54 Å². The summed E-state index contributed by atoms with van der Waals surface area (Å²) < 4.78 is 0. The highest BCUT2D eigenvalue weighted by Gasteiger charge is 2.32. The minimum Gasteiger partial charge on any atom is -0.356 e. The molecule has 0 rings (SSSR count). The number of carbonyl (C=O) groups excluding carboxylic acids is 1. The highest BCUT2D eigenvalue weighted by molar-refractivity contribution is 5.82. The molecule has 0 aromatic rings. The quantitative estimate of drug-likeness (QED) is 0.596. The molecule has 0 aliphatic carbocycles. The van der Waals surface area contributed by atoms with Crippen LogP contribution in [0.25, 0.3) is 0 Å². The summed E-state index contributed by atoms with van der Waals surface area (Å²) in [5, 5.41) is 3.02. The first kappa shape index (κ1) is 15.4. The van der Waals surface area contributed by atoms with Crippen LogP contribution in [0.5, 0.6) is 0 Å². The lowest BCUT2D eigenvalue weighted by Gasteiger charge is -2.28. The lowest BCUT2D eigenvalue weighted by atomic mass is 9.81. The van der Waals surface area contributed by atoms with Crippen molar-refractivity contribution in [2.24, 2.45) is 11.1 Å². The van der Waals surface area contributed by atoms with Gasteiger partial charge in [-0.2, -0.15) is 0 Å². The number of rotatable bonds is 9. The molecule has 1 amide bonds. The Morgan fingerprint density at radius 1 is 1.12 bits per heavy atom. The molecule has 3 nitrogen and oxygen atoms in total. The predicted molar refractivity (Wildman–Crippen MR) is 69.2 cm³/mol. The zero-order valence-electron chi connectivity index (χ0n) is 11.1. The van der Waals surface area contributed by atoms with Gasteiger partial charge in [0, 0.05) is 13.1 Å². The molecule has 0 fully saturated rings. The number of hydrogen-bond donors (Lipinski definition) is 2. The molecule has 0 saturated carbocycles. The summed E-state index contributed by atoms with van der Waals surface area (Å²) in [6, 6.07) is 0. The van der Waals surface area contributed by atoms with Crippen LogP contribution in [0.1, 0.15) is 59.3 Å². The lowest BCUT2D eigenvalue weighted by Crippen LogP contribution is -2.45. The summed E-state index contributed by atoms with van der Waals surface area (Å²) in [5.74, 6) is 0.136. The lowest BCUT2D eigenvalue weighted by molar-refractivity contribution is -0.131. The van der Waals surface area contributed by atoms with E-state index in [4.69, 9.17) is 5.73 Å². The number of unbranched alkanes of at least 4 members (excludes halogenated alkanes) is 3. The first-order chi connectivity index (χ1) is 7.66. The van der Waals surface area contributed by atoms with Gasteiger partial charge in [0.05, 0.1) is 5.41 Å². The molecule has 16 heavy (non-hydrogen) atoms. The fourth-order valence-corrected chi connectivity index (χ4v) is 1.89. The van der Waals surface area contributed by atoms with Crippen LogP contribution < -0.4 is 11.1 Å². The average molecular weight is 228 g/mol. The molecule has 0 heterocycles. The van der Waals surface area contributed by atoms with Crippen LogP contribution in [-0.2, 0) is 4.79 Å². The molecule has 0 aromatic carbocycles. The van der Waals surface area contributed by atoms with E-state index in [2.05, 4.69) is 12.2 Å². The fourth-order valence-electron chi connectivity index (χ4n) is 1.89. The van der Waals surface area contributed by atoms with Crippen LogP contribution in [0, 0.1) is 5.41 Å². The van der Waals surface area contributed by atoms with E-state index in [1.807, 2.05) is 13.8 Å². The van der Waals surface area contributed by atoms with Gasteiger partial charge in [0.2, 0.25) is 5.91 Å². The number of nitrogens with one attached hydrogen (secondary N) is 1. The van der Waals surface area contributed by atoms with Gasteiger partial charge in [0.15, 0.2) is 0 Å². The van der Waals surface area contributed by atoms with Crippen molar-refractivity contribution in [3.8, 4) is 0 Å². The maximum absolute atomic E-state index is 12.0. The molecule has 3 N–H and O–H groups in total. The van der Waals surface area contributed by atoms with E-state index in [0.717, 1.165) is 25.8 Å². The number of amides is 1. The van der Waals surface area contributed by atoms with Crippen LogP contribution in [0.4, 0.5) is 0 Å². The van der Waals surface area contributed by atoms with Crippen LogP contribution in [-0.4, -0.2) is 19.0 Å². The van der Waals surface area contributed by atoms with Crippen molar-refractivity contribution in [3.63, 3.8) is 0 Å². The van der Waals surface area contributed by atoms with Gasteiger partial charge < -0.3 is 11.1 Å². The minimum atomic E-state index is -0.343. The van der Waals surface area contributed by atoms with E-state index in [1.165, 1.54) is 19.3 Å². The number of hydrogen-bond acceptors (Lipinski definition) is 2. The summed E-state index contributed by atoms with van der Waals surface area (Å²) >= 11 is 0. The van der Waals surface area contributed by atoms with Crippen LogP contribution >= 0.6 is 0 Å². The van der Waals surface area contributed by atoms with Gasteiger partial charge in [-0.1, -0.05) is 40.0 Å². The normalized spacial score (nSPS) is 11.5. The van der Waals surface area contributed by atoms with Crippen LogP contribution in [0.3, 0.4) is 0 Å². The molecule has 96 valence electrons. The highest BCUT2D eigenvalue weighted by atomic mass is 16.2. The summed E-state index contributed by atoms with van der Waals surface area (Å²) in [6.07, 6.45) is 6.39. The van der Waals surface area contributed by atoms with E-state index in [1.54, 1.807) is 0 Å². The Balaban J connectivity index is 3.93. The second kappa shape index (κ2) is 8.57. The third-order valence-electron chi connectivity index (χ3n) is 3.54. The third-order valence-corrected chi connectivity index (χ3v) is 3.54. The summed E-state index contributed by atoms with van der Waals surface area (Å²) in [7, 11) is 0. The van der Waals surface area contributed by atoms with Gasteiger partial charge in [-0.3, -0.25) is 4.79 Å². The molecule has 0 bridgehead atoms. The molecule has 0 saturated heterocycles. The Labute approximate surface area is 100 Å². The fraction of sp³-hybridized carbons (Fsp3) is 0.923. The monoisotopic (exact) mass is 228 g/mol. The highest BCUT2D eigenvalue weighted by Crippen LogP contribution is 2.24. The topological polar surface area (TPSA) is 55.1 Å². The molecule has 0 radical (unpaired) electrons. The smallest absolute Gasteiger partial charge is 0.227 e. The molecule has 3 heteroatoms. The van der Waals surface area contributed by atoms with Gasteiger partial charge in [-0.05, 0) is 19.3 Å². The molecular weight excluding hydrogens is 200 g/mol. The van der Waals surface area contributed by atoms with E-state index < -0.39 is 0 Å². The Kier molecular flexibility index (Phi) is 8.26. The Hall–Kier alpha value is -0.570. The van der Waals surface area contributed by atoms with Crippen molar-refractivity contribution in [2.75, 3.05) is 13.1 Å². The number of nitrogens with two attached hydrogens (primary N) is 1. The second-order valence-corrected chi connectivity index (χ2v) is 4.51. The number of carbonyl (C=O) groups is 1. The molecule has 0 spiro atoms. The van der Waals surface area contributed by atoms with Crippen molar-refractivity contribution in [1.29, 1.82) is 0 Å². The van der Waals surface area contributed by atoms with E-state index >= 15 is 0 Å². The van der Waals surface area contributed by atoms with E-state index in [-0.39, 0.29) is 11.3 Å². The minimum absolute atomic E-state index is 0.136. The molecule has 0 aliphatic rings. The third kappa shape index (κ3) is 4.52. The zero-order valence-corrected chi connectivity index (χ0v) is 11.1. The van der Waals surface area contributed by atoms with Crippen molar-refractivity contribution in [1.82, 2.24) is 5.32 Å². The van der Waals surface area contributed by atoms with Gasteiger partial charge in [0.1, 0.15) is 0 Å². The van der Waals surface area contributed by atoms with Crippen LogP contribution in [0.15, 0.2) is 0 Å². The second-order valence-electron chi connectivity index (χ2n) is 4.51. The maximum atomic E-state index is 12.0. The molecule has 0 aliphatic heterocycles. The van der Waals surface area contributed by atoms with Crippen molar-refractivity contribution in [2.45, 2.75) is 59.3 Å². The Bertz CT molecular complexity index is 180. The van der Waals surface area contributed by atoms with Gasteiger partial charge in [-0.25, -0.2) is 0 Å². The Morgan fingerprint density at radius 2 is 1.75 bits per heavy atom. The van der Waals surface area contributed by atoms with Gasteiger partial charge in [-0.15, -0.1) is 0 Å². The van der Waals surface area contributed by atoms with Crippen molar-refractivity contribution >= 4 is 5.91 Å². The zero-order chi connectivity index (χ0) is 12.4. The van der Waals surface area contributed by atoms with Gasteiger partial charge in [0.25, 0.3) is 0 Å². The molecular formula is C13H28N2O. The predicted octanol–water partition coefficient (Wildman–Crippen LogP) is 2.45. The van der Waals surface area contributed by atoms with E-state index in [9.17, 15) is 4.79 Å². The standard InChI is InChI=1S/C13H28N2O/c1-4-7-8-9-10-15-12(16)13(5-2,6-3)11-14/h4-11,14H2,1-3H3,(H,15,16). The Morgan fingerprint density at radius 3 is 2.19 bits per heavy atom. The van der Waals surface area contributed by atoms with Gasteiger partial charge >= 0.3 is 0 Å². The molecule has 0 unspecified atom stereocenters. The summed E-state index contributed by atoms with van der Waals surface area (Å²) in [6.45, 7) is 7.49.